The number of hydrogen-bond acceptors (Lipinski definition) is 3. The van der Waals surface area contributed by atoms with Crippen LogP contribution in [-0.2, 0) is 11.4 Å². The Morgan fingerprint density at radius 1 is 1.27 bits per heavy atom. The van der Waals surface area contributed by atoms with Gasteiger partial charge >= 0.3 is 6.03 Å². The molecule has 0 unspecified atom stereocenters. The molecule has 1 aliphatic heterocycles. The second kappa shape index (κ2) is 8.47. The van der Waals surface area contributed by atoms with Crippen molar-refractivity contribution in [3.63, 3.8) is 0 Å². The molecule has 0 saturated heterocycles. The van der Waals surface area contributed by atoms with Crippen LogP contribution in [0.3, 0.4) is 0 Å². The largest absolute Gasteiger partial charge is 0.390 e. The maximum Gasteiger partial charge on any atom is 0.317 e. The lowest BCUT2D eigenvalue weighted by Crippen LogP contribution is -2.43. The summed E-state index contributed by atoms with van der Waals surface area (Å²) in [6, 6.07) is 16.0. The topological polar surface area (TPSA) is 53.9 Å². The predicted octanol–water partition coefficient (Wildman–Crippen LogP) is 3.55. The Balaban J connectivity index is 1.65. The minimum absolute atomic E-state index is 0.140. The number of halogens is 1. The fraction of sp³-hybridized carbons (Fsp3) is 0.300. The van der Waals surface area contributed by atoms with Gasteiger partial charge in [-0.2, -0.15) is 0 Å². The summed E-state index contributed by atoms with van der Waals surface area (Å²) in [6.07, 6.45) is 0.285. The highest BCUT2D eigenvalue weighted by atomic mass is 19.1. The smallest absolute Gasteiger partial charge is 0.317 e. The number of benzene rings is 2. The fourth-order valence-electron chi connectivity index (χ4n) is 2.90. The minimum Gasteiger partial charge on any atom is -0.390 e. The van der Waals surface area contributed by atoms with Crippen molar-refractivity contribution in [3.8, 4) is 0 Å². The van der Waals surface area contributed by atoms with E-state index in [9.17, 15) is 9.18 Å². The van der Waals surface area contributed by atoms with Gasteiger partial charge in [0.1, 0.15) is 5.82 Å². The molecule has 136 valence electrons. The third-order valence-electron chi connectivity index (χ3n) is 4.15. The van der Waals surface area contributed by atoms with Crippen LogP contribution in [0.4, 0.5) is 9.18 Å². The Kier molecular flexibility index (Phi) is 5.84. The lowest BCUT2D eigenvalue weighted by Gasteiger charge is -2.25. The molecule has 5 nitrogen and oxygen atoms in total. The number of urea groups is 1. The van der Waals surface area contributed by atoms with Gasteiger partial charge < -0.3 is 15.1 Å². The number of oxime groups is 1. The minimum atomic E-state index is -0.304. The van der Waals surface area contributed by atoms with Crippen LogP contribution >= 0.6 is 0 Å². The van der Waals surface area contributed by atoms with E-state index in [-0.39, 0.29) is 18.0 Å². The van der Waals surface area contributed by atoms with Crippen LogP contribution in [0.15, 0.2) is 59.8 Å². The van der Waals surface area contributed by atoms with E-state index in [1.54, 1.807) is 17.0 Å². The molecule has 0 bridgehead atoms. The van der Waals surface area contributed by atoms with Crippen molar-refractivity contribution in [2.75, 3.05) is 13.1 Å². The SMILES string of the molecule is CCNC(=O)N(Cc1ccccc1)C[C@H]1CC(c2cccc(F)c2)=NO1. The summed E-state index contributed by atoms with van der Waals surface area (Å²) in [6.45, 7) is 3.33. The highest BCUT2D eigenvalue weighted by Crippen LogP contribution is 2.19. The van der Waals surface area contributed by atoms with Gasteiger partial charge in [-0.3, -0.25) is 0 Å². The van der Waals surface area contributed by atoms with Crippen molar-refractivity contribution in [2.45, 2.75) is 26.0 Å². The molecule has 2 amide bonds. The quantitative estimate of drug-likeness (QED) is 0.861. The maximum atomic E-state index is 13.4. The Morgan fingerprint density at radius 2 is 2.08 bits per heavy atom. The molecular formula is C20H22FN3O2. The number of carbonyl (C=O) groups excluding carboxylic acids is 1. The summed E-state index contributed by atoms with van der Waals surface area (Å²) < 4.78 is 13.4. The summed E-state index contributed by atoms with van der Waals surface area (Å²) in [5.74, 6) is -0.304. The van der Waals surface area contributed by atoms with E-state index in [0.717, 1.165) is 5.56 Å². The van der Waals surface area contributed by atoms with Crippen LogP contribution in [0.25, 0.3) is 0 Å². The molecule has 0 radical (unpaired) electrons. The number of hydrogen-bond donors (Lipinski definition) is 1. The van der Waals surface area contributed by atoms with Crippen LogP contribution in [0.1, 0.15) is 24.5 Å². The number of carbonyl (C=O) groups is 1. The van der Waals surface area contributed by atoms with E-state index in [1.165, 1.54) is 12.1 Å². The Morgan fingerprint density at radius 3 is 2.81 bits per heavy atom. The molecule has 1 atom stereocenters. The first kappa shape index (κ1) is 17.9. The fourth-order valence-corrected chi connectivity index (χ4v) is 2.90. The molecular weight excluding hydrogens is 333 g/mol. The average Bonchev–Trinajstić information content (AvgIpc) is 3.11. The average molecular weight is 355 g/mol. The van der Waals surface area contributed by atoms with E-state index in [1.807, 2.05) is 37.3 Å². The number of rotatable bonds is 6. The summed E-state index contributed by atoms with van der Waals surface area (Å²) in [5, 5.41) is 6.92. The lowest BCUT2D eigenvalue weighted by atomic mass is 10.0. The molecule has 1 N–H and O–H groups in total. The molecule has 0 saturated carbocycles. The van der Waals surface area contributed by atoms with Gasteiger partial charge in [-0.15, -0.1) is 0 Å². The standard InChI is InChI=1S/C20H22FN3O2/c1-2-22-20(25)24(13-15-7-4-3-5-8-15)14-18-12-19(23-26-18)16-9-6-10-17(21)11-16/h3-11,18H,2,12-14H2,1H3,(H,22,25)/t18-/m1/s1. The molecule has 0 aliphatic carbocycles. The molecule has 0 aromatic heterocycles. The maximum absolute atomic E-state index is 13.4. The lowest BCUT2D eigenvalue weighted by molar-refractivity contribution is 0.0590. The molecule has 2 aromatic carbocycles. The van der Waals surface area contributed by atoms with Gasteiger partial charge in [-0.25, -0.2) is 9.18 Å². The Hall–Kier alpha value is -2.89. The van der Waals surface area contributed by atoms with Gasteiger partial charge in [0.2, 0.25) is 0 Å². The van der Waals surface area contributed by atoms with Crippen LogP contribution < -0.4 is 5.32 Å². The van der Waals surface area contributed by atoms with Crippen molar-refractivity contribution in [2.24, 2.45) is 5.16 Å². The zero-order chi connectivity index (χ0) is 18.4. The monoisotopic (exact) mass is 355 g/mol. The second-order valence-corrected chi connectivity index (χ2v) is 6.18. The van der Waals surface area contributed by atoms with Crippen molar-refractivity contribution in [1.29, 1.82) is 0 Å². The normalized spacial score (nSPS) is 15.9. The number of amides is 2. The molecule has 0 fully saturated rings. The summed E-state index contributed by atoms with van der Waals surface area (Å²) >= 11 is 0. The van der Waals surface area contributed by atoms with Crippen LogP contribution in [-0.4, -0.2) is 35.8 Å². The van der Waals surface area contributed by atoms with E-state index in [4.69, 9.17) is 4.84 Å². The molecule has 2 aromatic rings. The first-order valence-electron chi connectivity index (χ1n) is 8.71. The van der Waals surface area contributed by atoms with Gasteiger partial charge in [0.15, 0.2) is 6.10 Å². The molecule has 26 heavy (non-hydrogen) atoms. The molecule has 3 rings (SSSR count). The highest BCUT2D eigenvalue weighted by molar-refractivity contribution is 6.01. The van der Waals surface area contributed by atoms with Crippen LogP contribution in [0.5, 0.6) is 0 Å². The van der Waals surface area contributed by atoms with E-state index in [0.29, 0.717) is 37.3 Å². The molecule has 1 heterocycles. The summed E-state index contributed by atoms with van der Waals surface area (Å²) in [7, 11) is 0. The first-order valence-corrected chi connectivity index (χ1v) is 8.71. The third kappa shape index (κ3) is 4.59. The molecule has 0 spiro atoms. The van der Waals surface area contributed by atoms with Gasteiger partial charge in [-0.05, 0) is 24.6 Å². The van der Waals surface area contributed by atoms with E-state index in [2.05, 4.69) is 10.5 Å². The van der Waals surface area contributed by atoms with Gasteiger partial charge in [0.05, 0.1) is 12.3 Å². The second-order valence-electron chi connectivity index (χ2n) is 6.18. The summed E-state index contributed by atoms with van der Waals surface area (Å²) in [4.78, 5) is 19.6. The number of nitrogens with one attached hydrogen (secondary N) is 1. The van der Waals surface area contributed by atoms with E-state index >= 15 is 0 Å². The predicted molar refractivity (Wildman–Crippen MR) is 98.4 cm³/mol. The van der Waals surface area contributed by atoms with Gasteiger partial charge in [0.25, 0.3) is 0 Å². The summed E-state index contributed by atoms with van der Waals surface area (Å²) in [5.41, 5.74) is 2.45. The van der Waals surface area contributed by atoms with Crippen molar-refractivity contribution in [3.05, 3.63) is 71.5 Å². The van der Waals surface area contributed by atoms with Crippen molar-refractivity contribution < 1.29 is 14.0 Å². The van der Waals surface area contributed by atoms with Crippen LogP contribution in [0.2, 0.25) is 0 Å². The molecule has 1 aliphatic rings. The molecule has 6 heteroatoms. The van der Waals surface area contributed by atoms with Crippen molar-refractivity contribution >= 4 is 11.7 Å². The van der Waals surface area contributed by atoms with Crippen molar-refractivity contribution in [1.82, 2.24) is 10.2 Å². The van der Waals surface area contributed by atoms with Crippen LogP contribution in [0, 0.1) is 5.82 Å². The zero-order valence-corrected chi connectivity index (χ0v) is 14.7. The Bertz CT molecular complexity index is 780. The van der Waals surface area contributed by atoms with E-state index < -0.39 is 0 Å². The zero-order valence-electron chi connectivity index (χ0n) is 14.7. The number of nitrogens with zero attached hydrogens (tertiary/aromatic N) is 2. The van der Waals surface area contributed by atoms with Gasteiger partial charge in [0, 0.05) is 25.1 Å². The third-order valence-corrected chi connectivity index (χ3v) is 4.15. The first-order chi connectivity index (χ1) is 12.7. The highest BCUT2D eigenvalue weighted by Gasteiger charge is 2.26. The Labute approximate surface area is 152 Å². The van der Waals surface area contributed by atoms with Gasteiger partial charge in [-0.1, -0.05) is 47.6 Å².